The molecule has 0 saturated carbocycles. The van der Waals surface area contributed by atoms with Crippen LogP contribution in [0.4, 0.5) is 0 Å². The van der Waals surface area contributed by atoms with Crippen molar-refractivity contribution >= 4 is 12.1 Å². The van der Waals surface area contributed by atoms with Crippen molar-refractivity contribution in [1.29, 1.82) is 5.41 Å². The SMILES string of the molecule is CCN/C=C(/C1=CNC2=CC=C(N=C(N)C=C(C=N)C(C)C)NC2=C1)C(N)c1cccnc1. The number of nitrogens with one attached hydrogen (secondary N) is 4. The zero-order valence-corrected chi connectivity index (χ0v) is 19.3. The van der Waals surface area contributed by atoms with Crippen LogP contribution in [-0.2, 0) is 0 Å². The van der Waals surface area contributed by atoms with Crippen molar-refractivity contribution in [2.24, 2.45) is 22.4 Å². The summed E-state index contributed by atoms with van der Waals surface area (Å²) in [6.07, 6.45) is 16.3. The van der Waals surface area contributed by atoms with Crippen LogP contribution in [-0.4, -0.2) is 23.6 Å². The Hall–Kier alpha value is -3.91. The summed E-state index contributed by atoms with van der Waals surface area (Å²) < 4.78 is 0. The van der Waals surface area contributed by atoms with Crippen LogP contribution in [0.15, 0.2) is 100 Å². The van der Waals surface area contributed by atoms with Crippen LogP contribution in [0.3, 0.4) is 0 Å². The third-order valence-electron chi connectivity index (χ3n) is 5.21. The van der Waals surface area contributed by atoms with Crippen molar-refractivity contribution in [2.45, 2.75) is 26.8 Å². The number of pyridine rings is 1. The summed E-state index contributed by atoms with van der Waals surface area (Å²) in [5.41, 5.74) is 18.1. The molecule has 8 nitrogen and oxygen atoms in total. The van der Waals surface area contributed by atoms with Gasteiger partial charge in [0.2, 0.25) is 0 Å². The van der Waals surface area contributed by atoms with Gasteiger partial charge in [-0.1, -0.05) is 19.9 Å². The lowest BCUT2D eigenvalue weighted by Crippen LogP contribution is -2.28. The van der Waals surface area contributed by atoms with Gasteiger partial charge in [0.25, 0.3) is 0 Å². The molecule has 8 heteroatoms. The summed E-state index contributed by atoms with van der Waals surface area (Å²) in [5.74, 6) is 1.15. The molecule has 1 aromatic rings. The number of amidine groups is 1. The zero-order chi connectivity index (χ0) is 23.8. The standard InChI is InChI=1S/C25H32N8/c1-4-29-15-20(25(28)17-6-5-9-30-13-17)19-10-22-21(31-14-19)7-8-24(32-22)33-23(27)11-18(12-26)16(2)3/h5-16,25-26,29,31-32H,4,28H2,1-3H3,(H2,27,33)/b18-11?,20-15-,26-12?. The molecule has 0 amide bonds. The molecule has 0 spiro atoms. The number of aromatic nitrogens is 1. The van der Waals surface area contributed by atoms with Crippen molar-refractivity contribution in [3.63, 3.8) is 0 Å². The molecule has 1 aromatic heterocycles. The molecule has 1 unspecified atom stereocenters. The zero-order valence-electron chi connectivity index (χ0n) is 19.3. The predicted molar refractivity (Wildman–Crippen MR) is 135 cm³/mol. The first kappa shape index (κ1) is 23.7. The van der Waals surface area contributed by atoms with Crippen molar-refractivity contribution < 1.29 is 0 Å². The smallest absolute Gasteiger partial charge is 0.132 e. The van der Waals surface area contributed by atoms with Crippen molar-refractivity contribution in [2.75, 3.05) is 6.54 Å². The van der Waals surface area contributed by atoms with Crippen LogP contribution in [0.5, 0.6) is 0 Å². The topological polar surface area (TPSA) is 137 Å². The minimum Gasteiger partial charge on any atom is -0.391 e. The summed E-state index contributed by atoms with van der Waals surface area (Å²) in [6, 6.07) is 3.50. The average Bonchev–Trinajstić information content (AvgIpc) is 2.82. The van der Waals surface area contributed by atoms with Gasteiger partial charge in [-0.2, -0.15) is 0 Å². The Morgan fingerprint density at radius 3 is 2.79 bits per heavy atom. The summed E-state index contributed by atoms with van der Waals surface area (Å²) in [5, 5.41) is 17.5. The maximum Gasteiger partial charge on any atom is 0.132 e. The highest BCUT2D eigenvalue weighted by Gasteiger charge is 2.21. The van der Waals surface area contributed by atoms with Crippen LogP contribution < -0.4 is 27.4 Å². The van der Waals surface area contributed by atoms with Gasteiger partial charge in [-0.05, 0) is 65.5 Å². The summed E-state index contributed by atoms with van der Waals surface area (Å²) in [4.78, 5) is 8.67. The molecular formula is C25H32N8. The molecule has 0 aliphatic carbocycles. The summed E-state index contributed by atoms with van der Waals surface area (Å²) in [6.45, 7) is 6.85. The van der Waals surface area contributed by atoms with Gasteiger partial charge in [-0.25, -0.2) is 4.99 Å². The number of rotatable bonds is 9. The van der Waals surface area contributed by atoms with Crippen molar-refractivity contribution in [3.05, 3.63) is 101 Å². The van der Waals surface area contributed by atoms with Gasteiger partial charge in [-0.3, -0.25) is 4.98 Å². The Morgan fingerprint density at radius 1 is 1.30 bits per heavy atom. The van der Waals surface area contributed by atoms with Gasteiger partial charge in [0, 0.05) is 37.6 Å². The molecule has 8 N–H and O–H groups in total. The first-order valence-corrected chi connectivity index (χ1v) is 11.0. The molecule has 0 bridgehead atoms. The molecular weight excluding hydrogens is 412 g/mol. The van der Waals surface area contributed by atoms with E-state index in [-0.39, 0.29) is 12.0 Å². The Balaban J connectivity index is 1.85. The van der Waals surface area contributed by atoms with Gasteiger partial charge in [0.15, 0.2) is 0 Å². The molecule has 2 aliphatic heterocycles. The predicted octanol–water partition coefficient (Wildman–Crippen LogP) is 2.86. The molecule has 2 aliphatic rings. The van der Waals surface area contributed by atoms with Crippen LogP contribution in [0.1, 0.15) is 32.4 Å². The second-order valence-electron chi connectivity index (χ2n) is 7.96. The number of fused-ring (bicyclic) bond motifs is 1. The summed E-state index contributed by atoms with van der Waals surface area (Å²) >= 11 is 0. The van der Waals surface area contributed by atoms with Crippen molar-refractivity contribution in [1.82, 2.24) is 20.9 Å². The second kappa shape index (κ2) is 11.1. The maximum absolute atomic E-state index is 7.54. The highest BCUT2D eigenvalue weighted by atomic mass is 15.1. The summed E-state index contributed by atoms with van der Waals surface area (Å²) in [7, 11) is 0. The molecule has 1 atom stereocenters. The monoisotopic (exact) mass is 444 g/mol. The Bertz CT molecular complexity index is 1080. The Morgan fingerprint density at radius 2 is 2.12 bits per heavy atom. The third-order valence-corrected chi connectivity index (χ3v) is 5.21. The van der Waals surface area contributed by atoms with Crippen LogP contribution >= 0.6 is 0 Å². The molecule has 0 fully saturated rings. The van der Waals surface area contributed by atoms with E-state index in [9.17, 15) is 0 Å². The fourth-order valence-electron chi connectivity index (χ4n) is 3.34. The van der Waals surface area contributed by atoms with E-state index in [1.54, 1.807) is 18.5 Å². The quantitative estimate of drug-likeness (QED) is 0.256. The largest absolute Gasteiger partial charge is 0.391 e. The van der Waals surface area contributed by atoms with Gasteiger partial charge >= 0.3 is 0 Å². The number of allylic oxidation sites excluding steroid dienone is 4. The second-order valence-corrected chi connectivity index (χ2v) is 7.96. The van der Waals surface area contributed by atoms with E-state index in [1.807, 2.05) is 63.5 Å². The van der Waals surface area contributed by atoms with E-state index in [0.717, 1.165) is 40.2 Å². The highest BCUT2D eigenvalue weighted by molar-refractivity contribution is 5.97. The number of nitrogens with zero attached hydrogens (tertiary/aromatic N) is 2. The van der Waals surface area contributed by atoms with Gasteiger partial charge in [0.05, 0.1) is 17.4 Å². The third kappa shape index (κ3) is 6.08. The first-order valence-electron chi connectivity index (χ1n) is 11.0. The minimum absolute atomic E-state index is 0.194. The lowest BCUT2D eigenvalue weighted by atomic mass is 9.93. The lowest BCUT2D eigenvalue weighted by Gasteiger charge is -2.26. The van der Waals surface area contributed by atoms with E-state index in [2.05, 4.69) is 25.9 Å². The van der Waals surface area contributed by atoms with Gasteiger partial charge in [0.1, 0.15) is 11.7 Å². The van der Waals surface area contributed by atoms with E-state index in [1.165, 1.54) is 6.21 Å². The van der Waals surface area contributed by atoms with Crippen LogP contribution in [0.2, 0.25) is 0 Å². The minimum atomic E-state index is -0.346. The molecule has 0 saturated heterocycles. The van der Waals surface area contributed by atoms with Crippen LogP contribution in [0.25, 0.3) is 0 Å². The van der Waals surface area contributed by atoms with Crippen LogP contribution in [0, 0.1) is 11.3 Å². The molecule has 0 radical (unpaired) electrons. The molecule has 172 valence electrons. The fourth-order valence-corrected chi connectivity index (χ4v) is 3.34. The lowest BCUT2D eigenvalue weighted by molar-refractivity contribution is 0.805. The number of nitrogens with two attached hydrogens (primary N) is 2. The van der Waals surface area contributed by atoms with E-state index < -0.39 is 0 Å². The first-order chi connectivity index (χ1) is 15.9. The number of dihydropyridines is 2. The Labute approximate surface area is 195 Å². The normalized spacial score (nSPS) is 17.5. The van der Waals surface area contributed by atoms with Gasteiger partial charge < -0.3 is 32.8 Å². The number of hydrogen-bond donors (Lipinski definition) is 6. The number of aliphatic imine (C=N–C) groups is 1. The number of hydrogen-bond acceptors (Lipinski definition) is 7. The van der Waals surface area contributed by atoms with Crippen molar-refractivity contribution in [3.8, 4) is 0 Å². The maximum atomic E-state index is 7.54. The fraction of sp³-hybridized carbons (Fsp3) is 0.240. The molecule has 0 aromatic carbocycles. The van der Waals surface area contributed by atoms with E-state index in [4.69, 9.17) is 16.9 Å². The van der Waals surface area contributed by atoms with Gasteiger partial charge in [-0.15, -0.1) is 0 Å². The Kier molecular flexibility index (Phi) is 7.99. The molecule has 3 heterocycles. The highest BCUT2D eigenvalue weighted by Crippen LogP contribution is 2.29. The average molecular weight is 445 g/mol. The molecule has 3 rings (SSSR count). The van der Waals surface area contributed by atoms with E-state index in [0.29, 0.717) is 11.7 Å². The molecule has 33 heavy (non-hydrogen) atoms. The van der Waals surface area contributed by atoms with E-state index >= 15 is 0 Å².